The molecule has 1 aromatic carbocycles. The van der Waals surface area contributed by atoms with Gasteiger partial charge in [-0.3, -0.25) is 4.99 Å². The Balaban J connectivity index is 1.70. The molecule has 0 unspecified atom stereocenters. The molecule has 0 atom stereocenters. The zero-order valence-corrected chi connectivity index (χ0v) is 11.4. The van der Waals surface area contributed by atoms with E-state index in [0.29, 0.717) is 6.61 Å². The van der Waals surface area contributed by atoms with E-state index in [1.54, 1.807) is 0 Å². The molecule has 1 aliphatic rings. The number of guanidine groups is 1. The fourth-order valence-corrected chi connectivity index (χ4v) is 1.99. The molecule has 92 valence electrons. The number of hydrogen-bond donors (Lipinski definition) is 1. The Hall–Kier alpha value is -1.23. The van der Waals surface area contributed by atoms with Gasteiger partial charge in [0.1, 0.15) is 12.4 Å². The monoisotopic (exact) mass is 297 g/mol. The number of nitrogens with zero attached hydrogens (tertiary/aromatic N) is 2. The van der Waals surface area contributed by atoms with Crippen molar-refractivity contribution >= 4 is 21.9 Å². The second kappa shape index (κ2) is 5.91. The van der Waals surface area contributed by atoms with Crippen molar-refractivity contribution in [1.29, 1.82) is 0 Å². The van der Waals surface area contributed by atoms with Crippen LogP contribution in [0.15, 0.2) is 33.7 Å². The summed E-state index contributed by atoms with van der Waals surface area (Å²) in [5, 5.41) is 3.26. The van der Waals surface area contributed by atoms with Gasteiger partial charge in [-0.05, 0) is 18.2 Å². The van der Waals surface area contributed by atoms with Gasteiger partial charge in [0.25, 0.3) is 0 Å². The molecule has 0 bridgehead atoms. The highest BCUT2D eigenvalue weighted by Gasteiger charge is 2.10. The lowest BCUT2D eigenvalue weighted by Gasteiger charge is -2.15. The molecule has 1 aliphatic heterocycles. The summed E-state index contributed by atoms with van der Waals surface area (Å²) in [5.74, 6) is 1.84. The van der Waals surface area contributed by atoms with Crippen LogP contribution in [0.25, 0.3) is 0 Å². The molecule has 0 saturated heterocycles. The lowest BCUT2D eigenvalue weighted by molar-refractivity contribution is 0.320. The fourth-order valence-electron chi connectivity index (χ4n) is 1.61. The van der Waals surface area contributed by atoms with Gasteiger partial charge in [0, 0.05) is 18.1 Å². The van der Waals surface area contributed by atoms with Gasteiger partial charge in [0.2, 0.25) is 0 Å². The second-order valence-electron chi connectivity index (χ2n) is 3.86. The van der Waals surface area contributed by atoms with Crippen LogP contribution in [0.4, 0.5) is 0 Å². The van der Waals surface area contributed by atoms with Gasteiger partial charge in [-0.1, -0.05) is 22.0 Å². The van der Waals surface area contributed by atoms with E-state index in [1.807, 2.05) is 31.3 Å². The maximum absolute atomic E-state index is 5.62. The predicted octanol–water partition coefficient (Wildman–Crippen LogP) is 1.72. The Morgan fingerprint density at radius 3 is 3.12 bits per heavy atom. The van der Waals surface area contributed by atoms with Crippen LogP contribution < -0.4 is 10.1 Å². The molecular formula is C12H16BrN3O. The maximum atomic E-state index is 5.62. The molecule has 0 radical (unpaired) electrons. The topological polar surface area (TPSA) is 36.9 Å². The van der Waals surface area contributed by atoms with E-state index in [1.165, 1.54) is 0 Å². The van der Waals surface area contributed by atoms with Gasteiger partial charge in [-0.15, -0.1) is 0 Å². The highest BCUT2D eigenvalue weighted by molar-refractivity contribution is 9.10. The van der Waals surface area contributed by atoms with E-state index >= 15 is 0 Å². The van der Waals surface area contributed by atoms with Crippen LogP contribution >= 0.6 is 15.9 Å². The van der Waals surface area contributed by atoms with Crippen molar-refractivity contribution in [2.45, 2.75) is 0 Å². The van der Waals surface area contributed by atoms with Gasteiger partial charge < -0.3 is 15.0 Å². The van der Waals surface area contributed by atoms with E-state index < -0.39 is 0 Å². The second-order valence-corrected chi connectivity index (χ2v) is 4.78. The predicted molar refractivity (Wildman–Crippen MR) is 72.6 cm³/mol. The minimum absolute atomic E-state index is 0.628. The van der Waals surface area contributed by atoms with E-state index in [4.69, 9.17) is 4.74 Å². The first kappa shape index (κ1) is 12.2. The Morgan fingerprint density at radius 2 is 2.41 bits per heavy atom. The first-order chi connectivity index (χ1) is 8.25. The summed E-state index contributed by atoms with van der Waals surface area (Å²) < 4.78 is 6.65. The molecule has 0 fully saturated rings. The summed E-state index contributed by atoms with van der Waals surface area (Å²) in [7, 11) is 2.04. The first-order valence-corrected chi connectivity index (χ1v) is 6.43. The number of halogens is 1. The molecule has 0 saturated carbocycles. The average Bonchev–Trinajstić information content (AvgIpc) is 2.71. The SMILES string of the molecule is CN1CCN=C1NCCOc1cccc(Br)c1. The van der Waals surface area contributed by atoms with Crippen molar-refractivity contribution in [3.8, 4) is 5.75 Å². The number of hydrogen-bond acceptors (Lipinski definition) is 4. The van der Waals surface area contributed by atoms with Gasteiger partial charge in [0.05, 0.1) is 13.1 Å². The molecular weight excluding hydrogens is 282 g/mol. The number of aliphatic imine (C=N–C) groups is 1. The van der Waals surface area contributed by atoms with E-state index in [-0.39, 0.29) is 0 Å². The zero-order valence-electron chi connectivity index (χ0n) is 9.82. The smallest absolute Gasteiger partial charge is 0.193 e. The highest BCUT2D eigenvalue weighted by atomic mass is 79.9. The van der Waals surface area contributed by atoms with Gasteiger partial charge in [0.15, 0.2) is 5.96 Å². The number of ether oxygens (including phenoxy) is 1. The van der Waals surface area contributed by atoms with Gasteiger partial charge >= 0.3 is 0 Å². The molecule has 1 heterocycles. The largest absolute Gasteiger partial charge is 0.492 e. The van der Waals surface area contributed by atoms with Crippen molar-refractivity contribution in [3.05, 3.63) is 28.7 Å². The Morgan fingerprint density at radius 1 is 1.53 bits per heavy atom. The van der Waals surface area contributed by atoms with Crippen molar-refractivity contribution in [2.75, 3.05) is 33.3 Å². The van der Waals surface area contributed by atoms with Crippen LogP contribution in [0.5, 0.6) is 5.75 Å². The molecule has 4 nitrogen and oxygen atoms in total. The molecule has 0 amide bonds. The molecule has 0 aromatic heterocycles. The van der Waals surface area contributed by atoms with Crippen LogP contribution in [0.3, 0.4) is 0 Å². The van der Waals surface area contributed by atoms with Crippen LogP contribution in [0, 0.1) is 0 Å². The van der Waals surface area contributed by atoms with Crippen molar-refractivity contribution in [2.24, 2.45) is 4.99 Å². The minimum Gasteiger partial charge on any atom is -0.492 e. The van der Waals surface area contributed by atoms with Crippen molar-refractivity contribution < 1.29 is 4.74 Å². The maximum Gasteiger partial charge on any atom is 0.193 e. The average molecular weight is 298 g/mol. The third kappa shape index (κ3) is 3.63. The van der Waals surface area contributed by atoms with Crippen LogP contribution in [-0.2, 0) is 0 Å². The number of likely N-dealkylation sites (N-methyl/N-ethyl adjacent to an activating group) is 1. The number of benzene rings is 1. The molecule has 17 heavy (non-hydrogen) atoms. The van der Waals surface area contributed by atoms with E-state index in [2.05, 4.69) is 31.1 Å². The normalized spacial score (nSPS) is 14.7. The van der Waals surface area contributed by atoms with Crippen LogP contribution in [-0.4, -0.2) is 44.1 Å². The third-order valence-corrected chi connectivity index (χ3v) is 3.00. The summed E-state index contributed by atoms with van der Waals surface area (Å²) in [4.78, 5) is 6.45. The molecule has 2 rings (SSSR count). The molecule has 1 N–H and O–H groups in total. The Labute approximate surface area is 110 Å². The summed E-state index contributed by atoms with van der Waals surface area (Å²) in [6.45, 7) is 3.26. The van der Waals surface area contributed by atoms with E-state index in [9.17, 15) is 0 Å². The number of rotatable bonds is 4. The molecule has 5 heteroatoms. The first-order valence-electron chi connectivity index (χ1n) is 5.63. The highest BCUT2D eigenvalue weighted by Crippen LogP contribution is 2.17. The van der Waals surface area contributed by atoms with Gasteiger partial charge in [-0.2, -0.15) is 0 Å². The summed E-state index contributed by atoms with van der Waals surface area (Å²) in [5.41, 5.74) is 0. The van der Waals surface area contributed by atoms with Crippen molar-refractivity contribution in [3.63, 3.8) is 0 Å². The minimum atomic E-state index is 0.628. The quantitative estimate of drug-likeness (QED) is 0.860. The van der Waals surface area contributed by atoms with Gasteiger partial charge in [-0.25, -0.2) is 0 Å². The number of nitrogens with one attached hydrogen (secondary N) is 1. The third-order valence-electron chi connectivity index (χ3n) is 2.51. The standard InChI is InChI=1S/C12H16BrN3O/c1-16-7-5-14-12(16)15-6-8-17-11-4-2-3-10(13)9-11/h2-4,9H,5-8H2,1H3,(H,14,15). The summed E-state index contributed by atoms with van der Waals surface area (Å²) in [6, 6.07) is 7.85. The lowest BCUT2D eigenvalue weighted by Crippen LogP contribution is -2.37. The summed E-state index contributed by atoms with van der Waals surface area (Å²) in [6.07, 6.45) is 0. The molecule has 0 spiro atoms. The molecule has 1 aromatic rings. The van der Waals surface area contributed by atoms with Crippen LogP contribution in [0.2, 0.25) is 0 Å². The Kier molecular flexibility index (Phi) is 4.25. The van der Waals surface area contributed by atoms with E-state index in [0.717, 1.165) is 35.8 Å². The van der Waals surface area contributed by atoms with Crippen molar-refractivity contribution in [1.82, 2.24) is 10.2 Å². The molecule has 0 aliphatic carbocycles. The Bertz CT molecular complexity index is 408. The van der Waals surface area contributed by atoms with Crippen LogP contribution in [0.1, 0.15) is 0 Å². The zero-order chi connectivity index (χ0) is 12.1. The fraction of sp³-hybridized carbons (Fsp3) is 0.417. The summed E-state index contributed by atoms with van der Waals surface area (Å²) >= 11 is 3.41. The lowest BCUT2D eigenvalue weighted by atomic mass is 10.3.